The van der Waals surface area contributed by atoms with Gasteiger partial charge < -0.3 is 0 Å². The molecule has 100 valence electrons. The zero-order valence-corrected chi connectivity index (χ0v) is 12.4. The van der Waals surface area contributed by atoms with Gasteiger partial charge in [-0.25, -0.2) is 0 Å². The van der Waals surface area contributed by atoms with E-state index in [0.717, 1.165) is 5.92 Å². The summed E-state index contributed by atoms with van der Waals surface area (Å²) in [7, 11) is 0. The largest absolute Gasteiger partial charge is 0.0613 e. The Morgan fingerprint density at radius 3 is 2.32 bits per heavy atom. The van der Waals surface area contributed by atoms with Gasteiger partial charge in [-0.15, -0.1) is 0 Å². The van der Waals surface area contributed by atoms with Crippen LogP contribution in [0, 0.1) is 20.8 Å². The molecule has 0 heteroatoms. The van der Waals surface area contributed by atoms with E-state index in [4.69, 9.17) is 0 Å². The van der Waals surface area contributed by atoms with E-state index in [0.29, 0.717) is 0 Å². The number of hydrogen-bond acceptors (Lipinski definition) is 0. The van der Waals surface area contributed by atoms with Gasteiger partial charge >= 0.3 is 0 Å². The van der Waals surface area contributed by atoms with Crippen LogP contribution in [0.3, 0.4) is 0 Å². The van der Waals surface area contributed by atoms with E-state index in [1.165, 1.54) is 59.6 Å². The summed E-state index contributed by atoms with van der Waals surface area (Å²) in [4.78, 5) is 0. The summed E-state index contributed by atoms with van der Waals surface area (Å²) < 4.78 is 0. The highest BCUT2D eigenvalue weighted by atomic mass is 14.2. The van der Waals surface area contributed by atoms with Crippen LogP contribution in [0.1, 0.15) is 60.3 Å². The third-order valence-electron chi connectivity index (χ3n) is 5.10. The standard InChI is InChI=1S/C19H24/c1-13-12-19-17(15(3)14(13)2)10-7-11-18(19)16-8-5-4-6-9-16/h7,10-12,16H,4-6,8-9H2,1-3H3. The Kier molecular flexibility index (Phi) is 3.35. The van der Waals surface area contributed by atoms with Gasteiger partial charge in [0.1, 0.15) is 0 Å². The molecule has 1 aliphatic rings. The molecule has 0 unspecified atom stereocenters. The molecule has 1 aliphatic carbocycles. The second kappa shape index (κ2) is 5.00. The highest BCUT2D eigenvalue weighted by Crippen LogP contribution is 2.38. The van der Waals surface area contributed by atoms with E-state index in [1.807, 2.05) is 0 Å². The second-order valence-electron chi connectivity index (χ2n) is 6.22. The average molecular weight is 252 g/mol. The predicted octanol–water partition coefficient (Wildman–Crippen LogP) is 5.81. The fourth-order valence-electron chi connectivity index (χ4n) is 3.66. The van der Waals surface area contributed by atoms with Crippen molar-refractivity contribution in [2.45, 2.75) is 58.8 Å². The molecule has 0 bridgehead atoms. The summed E-state index contributed by atoms with van der Waals surface area (Å²) in [5, 5.41) is 2.97. The van der Waals surface area contributed by atoms with Crippen LogP contribution in [0.5, 0.6) is 0 Å². The van der Waals surface area contributed by atoms with E-state index >= 15 is 0 Å². The average Bonchev–Trinajstić information content (AvgIpc) is 2.45. The first-order chi connectivity index (χ1) is 9.18. The van der Waals surface area contributed by atoms with Gasteiger partial charge in [0.15, 0.2) is 0 Å². The summed E-state index contributed by atoms with van der Waals surface area (Å²) in [6, 6.07) is 9.34. The zero-order valence-electron chi connectivity index (χ0n) is 12.4. The lowest BCUT2D eigenvalue weighted by Crippen LogP contribution is -2.05. The van der Waals surface area contributed by atoms with Crippen LogP contribution in [0.2, 0.25) is 0 Å². The van der Waals surface area contributed by atoms with Crippen LogP contribution >= 0.6 is 0 Å². The molecule has 1 fully saturated rings. The van der Waals surface area contributed by atoms with Crippen molar-refractivity contribution in [2.24, 2.45) is 0 Å². The van der Waals surface area contributed by atoms with Crippen LogP contribution in [0.15, 0.2) is 24.3 Å². The number of hydrogen-bond donors (Lipinski definition) is 0. The summed E-state index contributed by atoms with van der Waals surface area (Å²) in [6.07, 6.45) is 7.00. The lowest BCUT2D eigenvalue weighted by Gasteiger charge is -2.24. The quantitative estimate of drug-likeness (QED) is 0.600. The number of aryl methyl sites for hydroxylation is 2. The molecule has 0 nitrogen and oxygen atoms in total. The molecule has 0 N–H and O–H groups in total. The van der Waals surface area contributed by atoms with Crippen molar-refractivity contribution < 1.29 is 0 Å². The number of fused-ring (bicyclic) bond motifs is 1. The molecule has 19 heavy (non-hydrogen) atoms. The summed E-state index contributed by atoms with van der Waals surface area (Å²) in [5.74, 6) is 0.791. The monoisotopic (exact) mass is 252 g/mol. The summed E-state index contributed by atoms with van der Waals surface area (Å²) >= 11 is 0. The molecule has 0 saturated heterocycles. The van der Waals surface area contributed by atoms with E-state index in [1.54, 1.807) is 5.56 Å². The van der Waals surface area contributed by atoms with Crippen molar-refractivity contribution in [1.82, 2.24) is 0 Å². The Labute approximate surface area is 116 Å². The first-order valence-corrected chi connectivity index (χ1v) is 7.68. The molecule has 0 amide bonds. The van der Waals surface area contributed by atoms with Gasteiger partial charge in [0.2, 0.25) is 0 Å². The number of benzene rings is 2. The molecule has 0 spiro atoms. The predicted molar refractivity (Wildman–Crippen MR) is 84.0 cm³/mol. The van der Waals surface area contributed by atoms with Gasteiger partial charge in [-0.2, -0.15) is 0 Å². The van der Waals surface area contributed by atoms with E-state index < -0.39 is 0 Å². The van der Waals surface area contributed by atoms with Crippen molar-refractivity contribution in [2.75, 3.05) is 0 Å². The second-order valence-corrected chi connectivity index (χ2v) is 6.22. The zero-order chi connectivity index (χ0) is 13.4. The minimum absolute atomic E-state index is 0.791. The minimum Gasteiger partial charge on any atom is -0.0613 e. The summed E-state index contributed by atoms with van der Waals surface area (Å²) in [5.41, 5.74) is 5.96. The van der Waals surface area contributed by atoms with Crippen LogP contribution in [0.25, 0.3) is 10.8 Å². The van der Waals surface area contributed by atoms with Crippen molar-refractivity contribution in [1.29, 1.82) is 0 Å². The molecule has 0 radical (unpaired) electrons. The van der Waals surface area contributed by atoms with Crippen molar-refractivity contribution in [3.05, 3.63) is 46.5 Å². The highest BCUT2D eigenvalue weighted by molar-refractivity contribution is 5.90. The normalized spacial score (nSPS) is 17.0. The smallest absolute Gasteiger partial charge is 0.0144 e. The Morgan fingerprint density at radius 1 is 0.842 bits per heavy atom. The van der Waals surface area contributed by atoms with Crippen LogP contribution in [-0.4, -0.2) is 0 Å². The maximum absolute atomic E-state index is 2.42. The Morgan fingerprint density at radius 2 is 1.58 bits per heavy atom. The van der Waals surface area contributed by atoms with E-state index in [-0.39, 0.29) is 0 Å². The fourth-order valence-corrected chi connectivity index (χ4v) is 3.66. The van der Waals surface area contributed by atoms with Gasteiger partial charge in [-0.1, -0.05) is 43.5 Å². The lowest BCUT2D eigenvalue weighted by atomic mass is 9.81. The molecule has 3 rings (SSSR count). The van der Waals surface area contributed by atoms with Crippen LogP contribution in [-0.2, 0) is 0 Å². The third kappa shape index (κ3) is 2.18. The van der Waals surface area contributed by atoms with Crippen molar-refractivity contribution in [3.8, 4) is 0 Å². The number of rotatable bonds is 1. The Hall–Kier alpha value is -1.30. The fraction of sp³-hybridized carbons (Fsp3) is 0.474. The summed E-state index contributed by atoms with van der Waals surface area (Å²) in [6.45, 7) is 6.77. The Bertz CT molecular complexity index is 601. The van der Waals surface area contributed by atoms with Crippen LogP contribution in [0.4, 0.5) is 0 Å². The maximum atomic E-state index is 2.42. The van der Waals surface area contributed by atoms with Gasteiger partial charge in [0.25, 0.3) is 0 Å². The van der Waals surface area contributed by atoms with Gasteiger partial charge in [-0.3, -0.25) is 0 Å². The molecular weight excluding hydrogens is 228 g/mol. The SMILES string of the molecule is Cc1cc2c(C3CCCCC3)cccc2c(C)c1C. The molecule has 2 aromatic rings. The van der Waals surface area contributed by atoms with Crippen molar-refractivity contribution >= 4 is 10.8 Å². The maximum Gasteiger partial charge on any atom is -0.0144 e. The van der Waals surface area contributed by atoms with Gasteiger partial charge in [-0.05, 0) is 72.6 Å². The molecule has 0 aromatic heterocycles. The third-order valence-corrected chi connectivity index (χ3v) is 5.10. The highest BCUT2D eigenvalue weighted by Gasteiger charge is 2.18. The van der Waals surface area contributed by atoms with E-state index in [2.05, 4.69) is 45.0 Å². The minimum atomic E-state index is 0.791. The topological polar surface area (TPSA) is 0 Å². The molecule has 0 aliphatic heterocycles. The first-order valence-electron chi connectivity index (χ1n) is 7.68. The molecule has 2 aromatic carbocycles. The van der Waals surface area contributed by atoms with Gasteiger partial charge in [0.05, 0.1) is 0 Å². The van der Waals surface area contributed by atoms with Crippen molar-refractivity contribution in [3.63, 3.8) is 0 Å². The van der Waals surface area contributed by atoms with E-state index in [9.17, 15) is 0 Å². The molecular formula is C19H24. The Balaban J connectivity index is 2.20. The molecule has 1 saturated carbocycles. The lowest BCUT2D eigenvalue weighted by molar-refractivity contribution is 0.445. The first kappa shape index (κ1) is 12.7. The molecule has 0 atom stereocenters. The van der Waals surface area contributed by atoms with Crippen LogP contribution < -0.4 is 0 Å². The van der Waals surface area contributed by atoms with Gasteiger partial charge in [0, 0.05) is 0 Å². The molecule has 0 heterocycles.